The molecule has 0 radical (unpaired) electrons. The van der Waals surface area contributed by atoms with Gasteiger partial charge in [-0.1, -0.05) is 19.3 Å². The van der Waals surface area contributed by atoms with Gasteiger partial charge in [0.2, 0.25) is 5.91 Å². The van der Waals surface area contributed by atoms with Crippen LogP contribution in [0.2, 0.25) is 0 Å². The second-order valence-electron chi connectivity index (χ2n) is 5.39. The fraction of sp³-hybridized carbons (Fsp3) is 0.500. The number of carbonyl (C=O) groups is 1. The van der Waals surface area contributed by atoms with E-state index in [2.05, 4.69) is 5.32 Å². The highest BCUT2D eigenvalue weighted by Crippen LogP contribution is 2.44. The van der Waals surface area contributed by atoms with E-state index in [9.17, 15) is 14.9 Å². The lowest BCUT2D eigenvalue weighted by molar-refractivity contribution is -0.384. The van der Waals surface area contributed by atoms with Gasteiger partial charge in [0.1, 0.15) is 0 Å². The lowest BCUT2D eigenvalue weighted by Crippen LogP contribution is -2.22. The summed E-state index contributed by atoms with van der Waals surface area (Å²) in [6.07, 6.45) is 5.62. The molecule has 1 N–H and O–H groups in total. The normalized spacial score (nSPS) is 22.9. The van der Waals surface area contributed by atoms with Crippen molar-refractivity contribution < 1.29 is 9.72 Å². The van der Waals surface area contributed by atoms with Crippen LogP contribution < -0.4 is 5.32 Å². The second-order valence-corrected chi connectivity index (χ2v) is 5.39. The third kappa shape index (κ3) is 2.09. The minimum Gasteiger partial charge on any atom is -0.325 e. The van der Waals surface area contributed by atoms with Gasteiger partial charge < -0.3 is 5.32 Å². The molecule has 1 heterocycles. The molecule has 1 aliphatic heterocycles. The van der Waals surface area contributed by atoms with Crippen LogP contribution in [-0.4, -0.2) is 10.8 Å². The Kier molecular flexibility index (Phi) is 2.97. The van der Waals surface area contributed by atoms with Crippen molar-refractivity contribution in [3.05, 3.63) is 33.9 Å². The van der Waals surface area contributed by atoms with E-state index in [4.69, 9.17) is 0 Å². The molecule has 1 amide bonds. The van der Waals surface area contributed by atoms with E-state index < -0.39 is 4.92 Å². The predicted molar refractivity (Wildman–Crippen MR) is 71.0 cm³/mol. The Hall–Kier alpha value is -1.91. The van der Waals surface area contributed by atoms with Crippen molar-refractivity contribution in [2.24, 2.45) is 5.92 Å². The molecule has 1 aliphatic carbocycles. The number of nitro groups is 1. The number of benzene rings is 1. The number of fused-ring (bicyclic) bond motifs is 1. The minimum absolute atomic E-state index is 0.00222. The molecule has 19 heavy (non-hydrogen) atoms. The van der Waals surface area contributed by atoms with Crippen LogP contribution in [0.4, 0.5) is 11.4 Å². The van der Waals surface area contributed by atoms with E-state index >= 15 is 0 Å². The van der Waals surface area contributed by atoms with Gasteiger partial charge in [-0.3, -0.25) is 14.9 Å². The Bertz CT molecular complexity index is 535. The topological polar surface area (TPSA) is 72.2 Å². The molecule has 2 aliphatic rings. The van der Waals surface area contributed by atoms with Gasteiger partial charge in [0, 0.05) is 17.8 Å². The number of amides is 1. The fourth-order valence-electron chi connectivity index (χ4n) is 3.32. The summed E-state index contributed by atoms with van der Waals surface area (Å²) >= 11 is 0. The van der Waals surface area contributed by atoms with Crippen molar-refractivity contribution in [1.82, 2.24) is 0 Å². The quantitative estimate of drug-likeness (QED) is 0.655. The smallest absolute Gasteiger partial charge is 0.269 e. The van der Waals surface area contributed by atoms with Gasteiger partial charge in [0.05, 0.1) is 10.8 Å². The number of non-ortho nitro benzene ring substituents is 1. The SMILES string of the molecule is O=C1Nc2ccc([N+](=O)[O-])cc2C1C1CCCCC1. The van der Waals surface area contributed by atoms with Gasteiger partial charge in [-0.05, 0) is 30.4 Å². The number of nitro benzene ring substituents is 1. The summed E-state index contributed by atoms with van der Waals surface area (Å²) in [6, 6.07) is 4.66. The number of rotatable bonds is 2. The fourth-order valence-corrected chi connectivity index (χ4v) is 3.32. The zero-order valence-electron chi connectivity index (χ0n) is 10.6. The summed E-state index contributed by atoms with van der Waals surface area (Å²) in [7, 11) is 0. The average molecular weight is 260 g/mol. The van der Waals surface area contributed by atoms with Gasteiger partial charge in [-0.15, -0.1) is 0 Å². The van der Waals surface area contributed by atoms with Gasteiger partial charge in [-0.2, -0.15) is 0 Å². The second kappa shape index (κ2) is 4.64. The molecule has 5 nitrogen and oxygen atoms in total. The maximum Gasteiger partial charge on any atom is 0.269 e. The molecule has 0 spiro atoms. The van der Waals surface area contributed by atoms with Crippen LogP contribution in [0.3, 0.4) is 0 Å². The third-order valence-corrected chi connectivity index (χ3v) is 4.24. The summed E-state index contributed by atoms with van der Waals surface area (Å²) in [4.78, 5) is 22.6. The molecule has 1 unspecified atom stereocenters. The van der Waals surface area contributed by atoms with Crippen molar-refractivity contribution in [3.63, 3.8) is 0 Å². The van der Waals surface area contributed by atoms with Crippen molar-refractivity contribution in [3.8, 4) is 0 Å². The molecule has 0 aromatic heterocycles. The molecule has 1 fully saturated rings. The molecule has 100 valence electrons. The molecule has 1 aromatic carbocycles. The summed E-state index contributed by atoms with van der Waals surface area (Å²) < 4.78 is 0. The summed E-state index contributed by atoms with van der Waals surface area (Å²) in [6.45, 7) is 0. The molecule has 1 aromatic rings. The summed E-state index contributed by atoms with van der Waals surface area (Å²) in [5.41, 5.74) is 1.62. The standard InChI is InChI=1S/C14H16N2O3/c17-14-13(9-4-2-1-3-5-9)11-8-10(16(18)19)6-7-12(11)15-14/h6-9,13H,1-5H2,(H,15,17). The zero-order valence-corrected chi connectivity index (χ0v) is 10.6. The van der Waals surface area contributed by atoms with Crippen LogP contribution in [0.25, 0.3) is 0 Å². The van der Waals surface area contributed by atoms with Crippen LogP contribution in [-0.2, 0) is 4.79 Å². The van der Waals surface area contributed by atoms with Crippen molar-refractivity contribution in [1.29, 1.82) is 0 Å². The molecule has 3 rings (SSSR count). The van der Waals surface area contributed by atoms with Crippen LogP contribution in [0.15, 0.2) is 18.2 Å². The number of hydrogen-bond donors (Lipinski definition) is 1. The lowest BCUT2D eigenvalue weighted by atomic mass is 9.77. The summed E-state index contributed by atoms with van der Waals surface area (Å²) in [5, 5.41) is 13.7. The van der Waals surface area contributed by atoms with Gasteiger partial charge >= 0.3 is 0 Å². The van der Waals surface area contributed by atoms with Crippen molar-refractivity contribution >= 4 is 17.3 Å². The monoisotopic (exact) mass is 260 g/mol. The van der Waals surface area contributed by atoms with Crippen LogP contribution >= 0.6 is 0 Å². The highest BCUT2D eigenvalue weighted by Gasteiger charge is 2.38. The first kappa shape index (κ1) is 12.1. The third-order valence-electron chi connectivity index (χ3n) is 4.24. The maximum atomic E-state index is 12.1. The Morgan fingerprint density at radius 1 is 1.21 bits per heavy atom. The number of carbonyl (C=O) groups excluding carboxylic acids is 1. The Labute approximate surface area is 111 Å². The maximum absolute atomic E-state index is 12.1. The van der Waals surface area contributed by atoms with Gasteiger partial charge in [0.25, 0.3) is 5.69 Å². The number of nitrogens with zero attached hydrogens (tertiary/aromatic N) is 1. The first-order valence-corrected chi connectivity index (χ1v) is 6.76. The van der Waals surface area contributed by atoms with E-state index in [1.807, 2.05) is 0 Å². The van der Waals surface area contributed by atoms with E-state index in [1.54, 1.807) is 12.1 Å². The Morgan fingerprint density at radius 3 is 2.63 bits per heavy atom. The largest absolute Gasteiger partial charge is 0.325 e. The number of nitrogens with one attached hydrogen (secondary N) is 1. The highest BCUT2D eigenvalue weighted by molar-refractivity contribution is 6.03. The van der Waals surface area contributed by atoms with Crippen molar-refractivity contribution in [2.75, 3.05) is 5.32 Å². The molecular formula is C14H16N2O3. The highest BCUT2D eigenvalue weighted by atomic mass is 16.6. The Balaban J connectivity index is 1.96. The molecule has 0 bridgehead atoms. The Morgan fingerprint density at radius 2 is 1.95 bits per heavy atom. The molecular weight excluding hydrogens is 244 g/mol. The van der Waals surface area contributed by atoms with E-state index in [0.29, 0.717) is 5.92 Å². The molecule has 1 atom stereocenters. The van der Waals surface area contributed by atoms with Gasteiger partial charge in [-0.25, -0.2) is 0 Å². The van der Waals surface area contributed by atoms with Crippen LogP contribution in [0, 0.1) is 16.0 Å². The van der Waals surface area contributed by atoms with Crippen LogP contribution in [0.1, 0.15) is 43.6 Å². The van der Waals surface area contributed by atoms with E-state index in [1.165, 1.54) is 12.5 Å². The van der Waals surface area contributed by atoms with Gasteiger partial charge in [0.15, 0.2) is 0 Å². The lowest BCUT2D eigenvalue weighted by Gasteiger charge is -2.26. The van der Waals surface area contributed by atoms with E-state index in [-0.39, 0.29) is 17.5 Å². The average Bonchev–Trinajstić information content (AvgIpc) is 2.74. The first-order valence-electron chi connectivity index (χ1n) is 6.76. The van der Waals surface area contributed by atoms with E-state index in [0.717, 1.165) is 36.9 Å². The minimum atomic E-state index is -0.402. The van der Waals surface area contributed by atoms with Crippen LogP contribution in [0.5, 0.6) is 0 Å². The van der Waals surface area contributed by atoms with Crippen molar-refractivity contribution in [2.45, 2.75) is 38.0 Å². The number of hydrogen-bond acceptors (Lipinski definition) is 3. The first-order chi connectivity index (χ1) is 9.16. The molecule has 5 heteroatoms. The summed E-state index contributed by atoms with van der Waals surface area (Å²) in [5.74, 6) is 0.134. The predicted octanol–water partition coefficient (Wildman–Crippen LogP) is 3.21. The molecule has 1 saturated carbocycles. The number of anilines is 1. The molecule has 0 saturated heterocycles. The zero-order chi connectivity index (χ0) is 13.4.